The Morgan fingerprint density at radius 3 is 2.70 bits per heavy atom. The molecule has 1 aromatic heterocycles. The normalized spacial score (nSPS) is 12.8. The van der Waals surface area contributed by atoms with E-state index < -0.39 is 6.29 Å². The van der Waals surface area contributed by atoms with E-state index in [1.165, 1.54) is 0 Å². The quantitative estimate of drug-likeness (QED) is 0.826. The molecule has 0 aliphatic heterocycles. The predicted octanol–water partition coefficient (Wildman–Crippen LogP) is 2.00. The first-order chi connectivity index (χ1) is 9.55. The second kappa shape index (κ2) is 6.21. The van der Waals surface area contributed by atoms with Gasteiger partial charge in [-0.1, -0.05) is 11.6 Å². The minimum Gasteiger partial charge on any atom is -0.354 e. The Kier molecular flexibility index (Phi) is 4.59. The Hall–Kier alpha value is -1.63. The van der Waals surface area contributed by atoms with Gasteiger partial charge in [0.05, 0.1) is 16.9 Å². The SMILES string of the molecule is COC(OC)C(C)Nc1nc2ccc(Cl)cc2c(=O)[nH]1. The molecule has 1 unspecified atom stereocenters. The monoisotopic (exact) mass is 297 g/mol. The van der Waals surface area contributed by atoms with Gasteiger partial charge in [0, 0.05) is 19.2 Å². The number of ether oxygens (including phenoxy) is 2. The van der Waals surface area contributed by atoms with Gasteiger partial charge in [-0.2, -0.15) is 0 Å². The van der Waals surface area contributed by atoms with Crippen LogP contribution < -0.4 is 10.9 Å². The van der Waals surface area contributed by atoms with Crippen LogP contribution in [0.1, 0.15) is 6.92 Å². The molecule has 1 atom stereocenters. The van der Waals surface area contributed by atoms with E-state index in [1.54, 1.807) is 32.4 Å². The van der Waals surface area contributed by atoms with Gasteiger partial charge in [-0.25, -0.2) is 4.98 Å². The molecule has 20 heavy (non-hydrogen) atoms. The lowest BCUT2D eigenvalue weighted by Gasteiger charge is -2.22. The highest BCUT2D eigenvalue weighted by molar-refractivity contribution is 6.31. The summed E-state index contributed by atoms with van der Waals surface area (Å²) in [6.45, 7) is 1.86. The molecule has 0 saturated carbocycles. The molecular formula is C13H16ClN3O3. The molecule has 0 amide bonds. The van der Waals surface area contributed by atoms with Crippen molar-refractivity contribution >= 4 is 28.5 Å². The summed E-state index contributed by atoms with van der Waals surface area (Å²) < 4.78 is 10.3. The smallest absolute Gasteiger partial charge is 0.260 e. The number of H-pyrrole nitrogens is 1. The molecule has 2 N–H and O–H groups in total. The van der Waals surface area contributed by atoms with Crippen molar-refractivity contribution in [2.24, 2.45) is 0 Å². The molecule has 2 aromatic rings. The number of hydrogen-bond donors (Lipinski definition) is 2. The molecule has 0 spiro atoms. The number of anilines is 1. The number of hydrogen-bond acceptors (Lipinski definition) is 5. The third-order valence-corrected chi connectivity index (χ3v) is 3.14. The van der Waals surface area contributed by atoms with Gasteiger partial charge in [0.1, 0.15) is 0 Å². The highest BCUT2D eigenvalue weighted by Gasteiger charge is 2.16. The van der Waals surface area contributed by atoms with E-state index in [0.717, 1.165) is 0 Å². The van der Waals surface area contributed by atoms with E-state index in [1.807, 2.05) is 6.92 Å². The maximum atomic E-state index is 12.0. The van der Waals surface area contributed by atoms with Crippen LogP contribution in [-0.2, 0) is 9.47 Å². The molecular weight excluding hydrogens is 282 g/mol. The fraction of sp³-hybridized carbons (Fsp3) is 0.385. The van der Waals surface area contributed by atoms with Crippen LogP contribution in [0.5, 0.6) is 0 Å². The van der Waals surface area contributed by atoms with Crippen LogP contribution in [0.3, 0.4) is 0 Å². The zero-order valence-corrected chi connectivity index (χ0v) is 12.2. The fourth-order valence-corrected chi connectivity index (χ4v) is 2.14. The van der Waals surface area contributed by atoms with Crippen LogP contribution in [0, 0.1) is 0 Å². The average Bonchev–Trinajstić information content (AvgIpc) is 2.41. The molecule has 0 fully saturated rings. The first-order valence-corrected chi connectivity index (χ1v) is 6.44. The Bertz CT molecular complexity index is 655. The van der Waals surface area contributed by atoms with Gasteiger partial charge in [0.25, 0.3) is 5.56 Å². The maximum Gasteiger partial charge on any atom is 0.260 e. The van der Waals surface area contributed by atoms with Crippen molar-refractivity contribution in [1.29, 1.82) is 0 Å². The molecule has 6 nitrogen and oxygen atoms in total. The summed E-state index contributed by atoms with van der Waals surface area (Å²) in [6, 6.07) is 4.80. The second-order valence-corrected chi connectivity index (χ2v) is 4.79. The molecule has 1 heterocycles. The van der Waals surface area contributed by atoms with E-state index in [9.17, 15) is 4.79 Å². The summed E-state index contributed by atoms with van der Waals surface area (Å²) in [5, 5.41) is 3.99. The number of aromatic amines is 1. The first-order valence-electron chi connectivity index (χ1n) is 6.07. The number of fused-ring (bicyclic) bond motifs is 1. The zero-order chi connectivity index (χ0) is 14.7. The van der Waals surface area contributed by atoms with Crippen molar-refractivity contribution < 1.29 is 9.47 Å². The van der Waals surface area contributed by atoms with Crippen LogP contribution in [0.4, 0.5) is 5.95 Å². The summed E-state index contributed by atoms with van der Waals surface area (Å²) in [7, 11) is 3.09. The van der Waals surface area contributed by atoms with Crippen LogP contribution in [0.25, 0.3) is 10.9 Å². The van der Waals surface area contributed by atoms with Crippen molar-refractivity contribution in [1.82, 2.24) is 9.97 Å². The Labute approximate surface area is 121 Å². The van der Waals surface area contributed by atoms with E-state index in [-0.39, 0.29) is 11.6 Å². The lowest BCUT2D eigenvalue weighted by Crippen LogP contribution is -2.34. The molecule has 7 heteroatoms. The van der Waals surface area contributed by atoms with Crippen molar-refractivity contribution in [2.75, 3.05) is 19.5 Å². The van der Waals surface area contributed by atoms with Crippen molar-refractivity contribution in [3.63, 3.8) is 0 Å². The second-order valence-electron chi connectivity index (χ2n) is 4.35. The number of nitrogens with zero attached hydrogens (tertiary/aromatic N) is 1. The lowest BCUT2D eigenvalue weighted by molar-refractivity contribution is -0.109. The minimum atomic E-state index is -0.443. The van der Waals surface area contributed by atoms with Crippen LogP contribution >= 0.6 is 11.6 Å². The lowest BCUT2D eigenvalue weighted by atomic mass is 10.2. The number of halogens is 1. The zero-order valence-electron chi connectivity index (χ0n) is 11.4. The minimum absolute atomic E-state index is 0.182. The average molecular weight is 298 g/mol. The van der Waals surface area contributed by atoms with Crippen LogP contribution in [0.2, 0.25) is 5.02 Å². The van der Waals surface area contributed by atoms with Crippen molar-refractivity contribution in [3.8, 4) is 0 Å². The summed E-state index contributed by atoms with van der Waals surface area (Å²) in [6.07, 6.45) is -0.443. The van der Waals surface area contributed by atoms with Crippen LogP contribution in [-0.4, -0.2) is 36.5 Å². The Morgan fingerprint density at radius 1 is 1.35 bits per heavy atom. The van der Waals surface area contributed by atoms with Gasteiger partial charge in [-0.3, -0.25) is 9.78 Å². The molecule has 1 aromatic carbocycles. The topological polar surface area (TPSA) is 76.2 Å². The van der Waals surface area contributed by atoms with Crippen LogP contribution in [0.15, 0.2) is 23.0 Å². The Morgan fingerprint density at radius 2 is 2.05 bits per heavy atom. The molecule has 2 rings (SSSR count). The highest BCUT2D eigenvalue weighted by atomic mass is 35.5. The standard InChI is InChI=1S/C13H16ClN3O3/c1-7(12(19-2)20-3)15-13-16-10-5-4-8(14)6-9(10)11(18)17-13/h4-7,12H,1-3H3,(H2,15,16,17,18). The number of benzene rings is 1. The third-order valence-electron chi connectivity index (χ3n) is 2.90. The van der Waals surface area contributed by atoms with Gasteiger partial charge < -0.3 is 14.8 Å². The molecule has 0 bridgehead atoms. The summed E-state index contributed by atoms with van der Waals surface area (Å²) in [5.74, 6) is 0.358. The van der Waals surface area contributed by atoms with E-state index in [0.29, 0.717) is 21.9 Å². The van der Waals surface area contributed by atoms with Gasteiger partial charge in [0.2, 0.25) is 5.95 Å². The molecule has 0 aliphatic rings. The summed E-state index contributed by atoms with van der Waals surface area (Å²) in [5.41, 5.74) is 0.317. The number of nitrogens with one attached hydrogen (secondary N) is 2. The molecule has 0 radical (unpaired) electrons. The van der Waals surface area contributed by atoms with Crippen molar-refractivity contribution in [2.45, 2.75) is 19.3 Å². The van der Waals surface area contributed by atoms with Gasteiger partial charge in [-0.05, 0) is 25.1 Å². The summed E-state index contributed by atoms with van der Waals surface area (Å²) >= 11 is 5.86. The van der Waals surface area contributed by atoms with E-state index in [4.69, 9.17) is 21.1 Å². The third kappa shape index (κ3) is 3.09. The number of methoxy groups -OCH3 is 2. The van der Waals surface area contributed by atoms with Gasteiger partial charge in [0.15, 0.2) is 6.29 Å². The largest absolute Gasteiger partial charge is 0.354 e. The Balaban J connectivity index is 2.32. The van der Waals surface area contributed by atoms with Gasteiger partial charge in [-0.15, -0.1) is 0 Å². The molecule has 108 valence electrons. The van der Waals surface area contributed by atoms with Crippen molar-refractivity contribution in [3.05, 3.63) is 33.6 Å². The number of rotatable bonds is 5. The maximum absolute atomic E-state index is 12.0. The van der Waals surface area contributed by atoms with E-state index in [2.05, 4.69) is 15.3 Å². The predicted molar refractivity (Wildman–Crippen MR) is 78.3 cm³/mol. The molecule has 0 aliphatic carbocycles. The first kappa shape index (κ1) is 14.8. The van der Waals surface area contributed by atoms with E-state index >= 15 is 0 Å². The molecule has 0 saturated heterocycles. The number of aromatic nitrogens is 2. The fourth-order valence-electron chi connectivity index (χ4n) is 1.97. The highest BCUT2D eigenvalue weighted by Crippen LogP contribution is 2.16. The summed E-state index contributed by atoms with van der Waals surface area (Å²) in [4.78, 5) is 19.0. The van der Waals surface area contributed by atoms with Gasteiger partial charge >= 0.3 is 0 Å².